The quantitative estimate of drug-likeness (QED) is 0.890. The molecule has 1 amide bonds. The van der Waals surface area contributed by atoms with Crippen molar-refractivity contribution < 1.29 is 14.6 Å². The van der Waals surface area contributed by atoms with Gasteiger partial charge in [-0.05, 0) is 37.3 Å². The number of rotatable bonds is 5. The zero-order valence-electron chi connectivity index (χ0n) is 11.5. The van der Waals surface area contributed by atoms with Crippen LogP contribution in [0.15, 0.2) is 30.3 Å². The molecule has 0 aliphatic heterocycles. The molecule has 0 fully saturated rings. The first-order chi connectivity index (χ1) is 9.62. The highest BCUT2D eigenvalue weighted by atomic mass is 32.1. The predicted octanol–water partition coefficient (Wildman–Crippen LogP) is 2.74. The van der Waals surface area contributed by atoms with Gasteiger partial charge < -0.3 is 15.2 Å². The predicted molar refractivity (Wildman–Crippen MR) is 80.3 cm³/mol. The van der Waals surface area contributed by atoms with Gasteiger partial charge in [-0.25, -0.2) is 0 Å². The standard InChI is InChI=1S/C15H17NO3S/c1-10-3-5-13(20-10)8-15(18)16-12-4-6-14(19-2)11(7-12)9-17/h3-7,17H,8-9H2,1-2H3,(H,16,18). The summed E-state index contributed by atoms with van der Waals surface area (Å²) in [6, 6.07) is 9.18. The molecule has 0 saturated heterocycles. The van der Waals surface area contributed by atoms with E-state index < -0.39 is 0 Å². The molecule has 0 saturated carbocycles. The van der Waals surface area contributed by atoms with Crippen molar-refractivity contribution in [2.45, 2.75) is 20.0 Å². The number of anilines is 1. The van der Waals surface area contributed by atoms with E-state index in [1.165, 1.54) is 4.88 Å². The number of benzene rings is 1. The van der Waals surface area contributed by atoms with Gasteiger partial charge in [0.25, 0.3) is 0 Å². The molecular formula is C15H17NO3S. The lowest BCUT2D eigenvalue weighted by Crippen LogP contribution is -2.13. The number of aryl methyl sites for hydroxylation is 1. The van der Waals surface area contributed by atoms with Crippen molar-refractivity contribution in [1.82, 2.24) is 0 Å². The van der Waals surface area contributed by atoms with Gasteiger partial charge in [0.2, 0.25) is 5.91 Å². The minimum absolute atomic E-state index is 0.0686. The van der Waals surface area contributed by atoms with Crippen LogP contribution in [0.5, 0.6) is 5.75 Å². The summed E-state index contributed by atoms with van der Waals surface area (Å²) in [6.45, 7) is 1.89. The number of carbonyl (C=O) groups excluding carboxylic acids is 1. The van der Waals surface area contributed by atoms with Crippen molar-refractivity contribution in [3.63, 3.8) is 0 Å². The fraction of sp³-hybridized carbons (Fsp3) is 0.267. The molecule has 5 heteroatoms. The Hall–Kier alpha value is -1.85. The summed E-state index contributed by atoms with van der Waals surface area (Å²) in [5.41, 5.74) is 1.31. The highest BCUT2D eigenvalue weighted by Crippen LogP contribution is 2.23. The molecule has 2 rings (SSSR count). The van der Waals surface area contributed by atoms with Crippen molar-refractivity contribution >= 4 is 22.9 Å². The van der Waals surface area contributed by atoms with Crippen molar-refractivity contribution in [3.05, 3.63) is 45.6 Å². The Morgan fingerprint density at radius 2 is 2.15 bits per heavy atom. The summed E-state index contributed by atoms with van der Waals surface area (Å²) >= 11 is 1.62. The summed E-state index contributed by atoms with van der Waals surface area (Å²) < 4.78 is 5.12. The van der Waals surface area contributed by atoms with Crippen LogP contribution in [-0.4, -0.2) is 18.1 Å². The third-order valence-corrected chi connectivity index (χ3v) is 3.87. The maximum absolute atomic E-state index is 11.9. The molecule has 2 aromatic rings. The number of amides is 1. The second-order valence-electron chi connectivity index (χ2n) is 4.42. The molecule has 0 unspecified atom stereocenters. The molecule has 20 heavy (non-hydrogen) atoms. The lowest BCUT2D eigenvalue weighted by molar-refractivity contribution is -0.115. The average Bonchev–Trinajstić information content (AvgIpc) is 2.83. The number of carbonyl (C=O) groups is 1. The topological polar surface area (TPSA) is 58.6 Å². The van der Waals surface area contributed by atoms with Crippen LogP contribution in [0.3, 0.4) is 0 Å². The van der Waals surface area contributed by atoms with Crippen LogP contribution in [0.1, 0.15) is 15.3 Å². The number of aliphatic hydroxyl groups excluding tert-OH is 1. The molecule has 4 nitrogen and oxygen atoms in total. The zero-order chi connectivity index (χ0) is 14.5. The molecule has 0 spiro atoms. The Labute approximate surface area is 122 Å². The Morgan fingerprint density at radius 3 is 2.75 bits per heavy atom. The van der Waals surface area contributed by atoms with Crippen LogP contribution in [0, 0.1) is 6.92 Å². The number of methoxy groups -OCH3 is 1. The second-order valence-corrected chi connectivity index (χ2v) is 5.79. The van der Waals surface area contributed by atoms with Crippen LogP contribution in [0.25, 0.3) is 0 Å². The van der Waals surface area contributed by atoms with E-state index in [1.54, 1.807) is 36.6 Å². The Morgan fingerprint density at radius 1 is 1.35 bits per heavy atom. The largest absolute Gasteiger partial charge is 0.496 e. The third kappa shape index (κ3) is 3.59. The SMILES string of the molecule is COc1ccc(NC(=O)Cc2ccc(C)s2)cc1CO. The molecule has 0 radical (unpaired) electrons. The Bertz CT molecular complexity index is 607. The summed E-state index contributed by atoms with van der Waals surface area (Å²) in [5, 5.41) is 12.1. The van der Waals surface area contributed by atoms with Gasteiger partial charge in [0.05, 0.1) is 20.1 Å². The average molecular weight is 291 g/mol. The first kappa shape index (κ1) is 14.6. The fourth-order valence-electron chi connectivity index (χ4n) is 1.92. The Kier molecular flexibility index (Phi) is 4.76. The summed E-state index contributed by atoms with van der Waals surface area (Å²) in [6.07, 6.45) is 0.360. The molecular weight excluding hydrogens is 274 g/mol. The minimum atomic E-state index is -0.128. The second kappa shape index (κ2) is 6.54. The first-order valence-corrected chi connectivity index (χ1v) is 7.07. The van der Waals surface area contributed by atoms with E-state index >= 15 is 0 Å². The van der Waals surface area contributed by atoms with Crippen LogP contribution < -0.4 is 10.1 Å². The van der Waals surface area contributed by atoms with Crippen LogP contribution in [0.4, 0.5) is 5.69 Å². The lowest BCUT2D eigenvalue weighted by atomic mass is 10.2. The molecule has 1 heterocycles. The van der Waals surface area contributed by atoms with Gasteiger partial charge in [-0.3, -0.25) is 4.79 Å². The van der Waals surface area contributed by atoms with E-state index in [-0.39, 0.29) is 12.5 Å². The summed E-state index contributed by atoms with van der Waals surface area (Å²) in [7, 11) is 1.55. The van der Waals surface area contributed by atoms with Crippen LogP contribution >= 0.6 is 11.3 Å². The van der Waals surface area contributed by atoms with E-state index in [0.29, 0.717) is 23.4 Å². The summed E-state index contributed by atoms with van der Waals surface area (Å²) in [4.78, 5) is 14.2. The van der Waals surface area contributed by atoms with E-state index in [0.717, 1.165) is 4.88 Å². The summed E-state index contributed by atoms with van der Waals surface area (Å²) in [5.74, 6) is 0.542. The highest BCUT2D eigenvalue weighted by Gasteiger charge is 2.08. The first-order valence-electron chi connectivity index (χ1n) is 6.25. The molecule has 2 N–H and O–H groups in total. The van der Waals surface area contributed by atoms with Crippen LogP contribution in [-0.2, 0) is 17.8 Å². The number of hydrogen-bond donors (Lipinski definition) is 2. The third-order valence-electron chi connectivity index (χ3n) is 2.87. The van der Waals surface area contributed by atoms with Gasteiger partial charge in [0.15, 0.2) is 0 Å². The number of ether oxygens (including phenoxy) is 1. The molecule has 0 bridgehead atoms. The molecule has 0 atom stereocenters. The van der Waals surface area contributed by atoms with Gasteiger partial charge >= 0.3 is 0 Å². The van der Waals surface area contributed by atoms with E-state index in [1.807, 2.05) is 19.1 Å². The number of hydrogen-bond acceptors (Lipinski definition) is 4. The van der Waals surface area contributed by atoms with E-state index in [9.17, 15) is 9.90 Å². The molecule has 1 aromatic heterocycles. The lowest BCUT2D eigenvalue weighted by Gasteiger charge is -2.09. The van der Waals surface area contributed by atoms with Crippen molar-refractivity contribution in [2.75, 3.05) is 12.4 Å². The van der Waals surface area contributed by atoms with Gasteiger partial charge in [-0.15, -0.1) is 11.3 Å². The highest BCUT2D eigenvalue weighted by molar-refractivity contribution is 7.12. The van der Waals surface area contributed by atoms with Crippen molar-refractivity contribution in [2.24, 2.45) is 0 Å². The zero-order valence-corrected chi connectivity index (χ0v) is 12.3. The van der Waals surface area contributed by atoms with Gasteiger partial charge in [-0.1, -0.05) is 0 Å². The number of aliphatic hydroxyl groups is 1. The molecule has 106 valence electrons. The van der Waals surface area contributed by atoms with Crippen molar-refractivity contribution in [3.8, 4) is 5.75 Å². The van der Waals surface area contributed by atoms with Crippen molar-refractivity contribution in [1.29, 1.82) is 0 Å². The maximum atomic E-state index is 11.9. The van der Waals surface area contributed by atoms with Gasteiger partial charge in [0.1, 0.15) is 5.75 Å². The van der Waals surface area contributed by atoms with E-state index in [2.05, 4.69) is 5.32 Å². The van der Waals surface area contributed by atoms with Crippen LogP contribution in [0.2, 0.25) is 0 Å². The van der Waals surface area contributed by atoms with Gasteiger partial charge in [0, 0.05) is 21.0 Å². The minimum Gasteiger partial charge on any atom is -0.496 e. The maximum Gasteiger partial charge on any atom is 0.229 e. The van der Waals surface area contributed by atoms with Gasteiger partial charge in [-0.2, -0.15) is 0 Å². The fourth-order valence-corrected chi connectivity index (χ4v) is 2.81. The monoisotopic (exact) mass is 291 g/mol. The molecule has 0 aliphatic carbocycles. The molecule has 1 aromatic carbocycles. The smallest absolute Gasteiger partial charge is 0.229 e. The normalized spacial score (nSPS) is 10.3. The number of nitrogens with one attached hydrogen (secondary N) is 1. The number of thiophene rings is 1. The van der Waals surface area contributed by atoms with E-state index in [4.69, 9.17) is 4.74 Å². The molecule has 0 aliphatic rings. The Balaban J connectivity index is 2.04.